The molecule has 0 atom stereocenters. The number of aromatic nitrogens is 3. The van der Waals surface area contributed by atoms with Gasteiger partial charge in [0.05, 0.1) is 18.3 Å². The normalized spacial score (nSPS) is 18.6. The van der Waals surface area contributed by atoms with E-state index in [9.17, 15) is 9.59 Å². The summed E-state index contributed by atoms with van der Waals surface area (Å²) in [6, 6.07) is 0. The Labute approximate surface area is 162 Å². The molecule has 0 spiro atoms. The number of Topliss-reactive ketones (excluding diaryl/α,β-unsaturated/α-hetero) is 1. The van der Waals surface area contributed by atoms with Gasteiger partial charge in [0.1, 0.15) is 11.4 Å². The van der Waals surface area contributed by atoms with Crippen LogP contribution in [0.15, 0.2) is 29.3 Å². The molecule has 4 heterocycles. The molecule has 8 heteroatoms. The van der Waals surface area contributed by atoms with E-state index in [1.165, 1.54) is 0 Å². The van der Waals surface area contributed by atoms with Gasteiger partial charge in [-0.25, -0.2) is 5.43 Å². The van der Waals surface area contributed by atoms with Crippen LogP contribution >= 0.6 is 0 Å². The third kappa shape index (κ3) is 3.38. The van der Waals surface area contributed by atoms with Crippen molar-refractivity contribution in [3.8, 4) is 0 Å². The minimum atomic E-state index is -0.308. The van der Waals surface area contributed by atoms with Gasteiger partial charge in [0, 0.05) is 29.3 Å². The lowest BCUT2D eigenvalue weighted by atomic mass is 10.0. The molecule has 1 amide bonds. The van der Waals surface area contributed by atoms with E-state index in [1.807, 2.05) is 13.8 Å². The largest absolute Gasteiger partial charge is 0.358 e. The van der Waals surface area contributed by atoms with Crippen LogP contribution in [0.25, 0.3) is 6.08 Å². The van der Waals surface area contributed by atoms with Gasteiger partial charge in [0.15, 0.2) is 5.78 Å². The number of hydrogen-bond acceptors (Lipinski definition) is 6. The maximum Gasteiger partial charge on any atom is 0.273 e. The molecule has 2 aliphatic rings. The summed E-state index contributed by atoms with van der Waals surface area (Å²) in [6.07, 6.45) is 8.70. The van der Waals surface area contributed by atoms with Gasteiger partial charge in [-0.2, -0.15) is 5.10 Å². The number of amides is 1. The fourth-order valence-corrected chi connectivity index (χ4v) is 3.79. The number of likely N-dealkylation sites (tertiary alicyclic amines) is 1. The summed E-state index contributed by atoms with van der Waals surface area (Å²) in [5.74, 6) is -0.200. The minimum Gasteiger partial charge on any atom is -0.358 e. The number of aryl methyl sites for hydroxylation is 1. The Morgan fingerprint density at radius 2 is 2.04 bits per heavy atom. The molecule has 2 aliphatic heterocycles. The zero-order chi connectivity index (χ0) is 19.7. The second-order valence-electron chi connectivity index (χ2n) is 7.12. The van der Waals surface area contributed by atoms with Crippen LogP contribution in [-0.4, -0.2) is 56.9 Å². The first-order chi connectivity index (χ1) is 13.5. The van der Waals surface area contributed by atoms with Crippen LogP contribution in [-0.2, 0) is 4.79 Å². The smallest absolute Gasteiger partial charge is 0.273 e. The van der Waals surface area contributed by atoms with Gasteiger partial charge in [0.25, 0.3) is 5.91 Å². The molecule has 0 aliphatic carbocycles. The van der Waals surface area contributed by atoms with Crippen molar-refractivity contribution in [2.45, 2.75) is 26.7 Å². The average Bonchev–Trinajstić information content (AvgIpc) is 3.38. The van der Waals surface area contributed by atoms with Crippen LogP contribution in [0.2, 0.25) is 0 Å². The maximum absolute atomic E-state index is 12.8. The van der Waals surface area contributed by atoms with Gasteiger partial charge in [0.2, 0.25) is 0 Å². The lowest BCUT2D eigenvalue weighted by Crippen LogP contribution is -2.27. The molecule has 1 fully saturated rings. The van der Waals surface area contributed by atoms with Crippen molar-refractivity contribution in [1.29, 1.82) is 0 Å². The van der Waals surface area contributed by atoms with E-state index in [0.29, 0.717) is 29.1 Å². The van der Waals surface area contributed by atoms with Crippen LogP contribution in [0.3, 0.4) is 0 Å². The van der Waals surface area contributed by atoms with Crippen LogP contribution in [0.5, 0.6) is 0 Å². The van der Waals surface area contributed by atoms with E-state index in [4.69, 9.17) is 0 Å². The fourth-order valence-electron chi connectivity index (χ4n) is 3.79. The first-order valence-electron chi connectivity index (χ1n) is 9.36. The molecular weight excluding hydrogens is 356 g/mol. The average molecular weight is 378 g/mol. The Kier molecular flexibility index (Phi) is 4.87. The van der Waals surface area contributed by atoms with Crippen LogP contribution in [0, 0.1) is 13.8 Å². The Morgan fingerprint density at radius 1 is 1.25 bits per heavy atom. The molecule has 0 bridgehead atoms. The monoisotopic (exact) mass is 378 g/mol. The number of hydrazone groups is 1. The molecule has 2 aromatic heterocycles. The van der Waals surface area contributed by atoms with Crippen LogP contribution in [0.4, 0.5) is 0 Å². The van der Waals surface area contributed by atoms with E-state index in [2.05, 4.69) is 30.4 Å². The lowest BCUT2D eigenvalue weighted by Gasteiger charge is -2.13. The van der Waals surface area contributed by atoms with Crippen LogP contribution < -0.4 is 5.43 Å². The highest BCUT2D eigenvalue weighted by molar-refractivity contribution is 6.32. The number of aromatic amines is 1. The number of carbonyl (C=O) groups is 2. The molecule has 0 aromatic carbocycles. The summed E-state index contributed by atoms with van der Waals surface area (Å²) in [7, 11) is 0. The summed E-state index contributed by atoms with van der Waals surface area (Å²) >= 11 is 0. The molecular formula is C20H22N6O2. The van der Waals surface area contributed by atoms with Crippen molar-refractivity contribution in [1.82, 2.24) is 25.3 Å². The van der Waals surface area contributed by atoms with Crippen molar-refractivity contribution in [3.63, 3.8) is 0 Å². The highest BCUT2D eigenvalue weighted by Gasteiger charge is 2.27. The topological polar surface area (TPSA) is 103 Å². The number of H-pyrrole nitrogens is 1. The Balaban J connectivity index is 1.65. The molecule has 8 nitrogen and oxygen atoms in total. The first-order valence-corrected chi connectivity index (χ1v) is 9.36. The highest BCUT2D eigenvalue weighted by atomic mass is 16.2. The molecule has 1 saturated heterocycles. The van der Waals surface area contributed by atoms with Gasteiger partial charge < -0.3 is 4.98 Å². The Morgan fingerprint density at radius 3 is 2.75 bits per heavy atom. The van der Waals surface area contributed by atoms with E-state index >= 15 is 0 Å². The van der Waals surface area contributed by atoms with E-state index in [0.717, 1.165) is 42.9 Å². The Hall–Kier alpha value is -3.13. The first kappa shape index (κ1) is 18.2. The Bertz CT molecular complexity index is 984. The second kappa shape index (κ2) is 7.47. The van der Waals surface area contributed by atoms with Crippen molar-refractivity contribution in [3.05, 3.63) is 52.4 Å². The van der Waals surface area contributed by atoms with Gasteiger partial charge in [-0.15, -0.1) is 0 Å². The fraction of sp³-hybridized carbons (Fsp3) is 0.350. The number of nitrogens with zero attached hydrogens (tertiary/aromatic N) is 4. The van der Waals surface area contributed by atoms with Crippen molar-refractivity contribution >= 4 is 23.5 Å². The summed E-state index contributed by atoms with van der Waals surface area (Å²) in [6.45, 7) is 6.17. The number of rotatable bonds is 5. The molecule has 0 radical (unpaired) electrons. The predicted molar refractivity (Wildman–Crippen MR) is 105 cm³/mol. The minimum absolute atomic E-state index is 0.108. The molecule has 0 unspecified atom stereocenters. The van der Waals surface area contributed by atoms with Crippen molar-refractivity contribution in [2.24, 2.45) is 5.10 Å². The molecule has 28 heavy (non-hydrogen) atoms. The van der Waals surface area contributed by atoms with Gasteiger partial charge in [-0.3, -0.25) is 24.5 Å². The quantitative estimate of drug-likeness (QED) is 0.608. The zero-order valence-corrected chi connectivity index (χ0v) is 16.0. The third-order valence-electron chi connectivity index (χ3n) is 5.18. The van der Waals surface area contributed by atoms with E-state index in [1.54, 1.807) is 24.7 Å². The van der Waals surface area contributed by atoms with Gasteiger partial charge in [-0.05, 0) is 51.4 Å². The highest BCUT2D eigenvalue weighted by Crippen LogP contribution is 2.24. The van der Waals surface area contributed by atoms with Crippen molar-refractivity contribution < 1.29 is 9.59 Å². The molecule has 2 aromatic rings. The number of hydrogen-bond donors (Lipinski definition) is 2. The molecule has 0 saturated carbocycles. The van der Waals surface area contributed by atoms with Crippen molar-refractivity contribution in [2.75, 3.05) is 19.6 Å². The third-order valence-corrected chi connectivity index (χ3v) is 5.18. The zero-order valence-electron chi connectivity index (χ0n) is 16.0. The van der Waals surface area contributed by atoms with Gasteiger partial charge in [-0.1, -0.05) is 0 Å². The number of ketones is 1. The molecule has 144 valence electrons. The standard InChI is InChI=1S/C20H22N6O2/c1-12-15(23-13(2)18(12)17(27)11-26-7-3-4-8-26)9-14-19(24-25-20(14)28)16-10-21-5-6-22-16/h5-6,9-10,23H,3-4,7-8,11H2,1-2H3,(H,25,28)/b14-9+. The maximum atomic E-state index is 12.8. The summed E-state index contributed by atoms with van der Waals surface area (Å²) in [5.41, 5.74) is 6.90. The van der Waals surface area contributed by atoms with E-state index < -0.39 is 0 Å². The SMILES string of the molecule is Cc1[nH]c(/C=C2/C(=O)NN=C2c2cnccn2)c(C)c1C(=O)CN1CCCC1. The molecule has 2 N–H and O–H groups in total. The summed E-state index contributed by atoms with van der Waals surface area (Å²) in [5, 5.41) is 4.09. The lowest BCUT2D eigenvalue weighted by molar-refractivity contribution is -0.116. The van der Waals surface area contributed by atoms with Crippen LogP contribution in [0.1, 0.15) is 45.8 Å². The molecule has 4 rings (SSSR count). The number of carbonyl (C=O) groups excluding carboxylic acids is 2. The van der Waals surface area contributed by atoms with Gasteiger partial charge >= 0.3 is 0 Å². The summed E-state index contributed by atoms with van der Waals surface area (Å²) < 4.78 is 0. The number of nitrogens with one attached hydrogen (secondary N) is 2. The second-order valence-corrected chi connectivity index (χ2v) is 7.12. The van der Waals surface area contributed by atoms with E-state index in [-0.39, 0.29) is 11.7 Å². The summed E-state index contributed by atoms with van der Waals surface area (Å²) in [4.78, 5) is 38.8. The predicted octanol–water partition coefficient (Wildman–Crippen LogP) is 1.62.